The number of unbranched alkanes of at least 4 members (excludes halogenated alkanes) is 1. The van der Waals surface area contributed by atoms with E-state index in [1.165, 1.54) is 12.8 Å². The third-order valence-electron chi connectivity index (χ3n) is 3.55. The van der Waals surface area contributed by atoms with Crippen molar-refractivity contribution in [2.45, 2.75) is 51.9 Å². The number of ether oxygens (including phenoxy) is 2. The first kappa shape index (κ1) is 17.5. The van der Waals surface area contributed by atoms with E-state index >= 15 is 0 Å². The average Bonchev–Trinajstić information content (AvgIpc) is 2.44. The molecule has 114 valence electrons. The zero-order valence-corrected chi connectivity index (χ0v) is 14.3. The molecule has 1 atom stereocenters. The summed E-state index contributed by atoms with van der Waals surface area (Å²) in [6.07, 6.45) is 5.62. The predicted molar refractivity (Wildman–Crippen MR) is 86.7 cm³/mol. The molecule has 2 nitrogen and oxygen atoms in total. The highest BCUT2D eigenvalue weighted by Gasteiger charge is 2.23. The van der Waals surface area contributed by atoms with Crippen LogP contribution in [0.3, 0.4) is 0 Å². The Morgan fingerprint density at radius 3 is 2.25 bits per heavy atom. The Morgan fingerprint density at radius 1 is 1.05 bits per heavy atom. The number of hydrogen-bond donors (Lipinski definition) is 0. The molecule has 0 amide bonds. The van der Waals surface area contributed by atoms with E-state index in [0.29, 0.717) is 27.5 Å². The fourth-order valence-corrected chi connectivity index (χ4v) is 3.36. The summed E-state index contributed by atoms with van der Waals surface area (Å²) in [4.78, 5) is 0. The highest BCUT2D eigenvalue weighted by molar-refractivity contribution is 6.37. The van der Waals surface area contributed by atoms with Crippen molar-refractivity contribution < 1.29 is 9.47 Å². The zero-order chi connectivity index (χ0) is 15.1. The van der Waals surface area contributed by atoms with Crippen LogP contribution in [0.4, 0.5) is 0 Å². The van der Waals surface area contributed by atoms with Crippen molar-refractivity contribution in [1.82, 2.24) is 0 Å². The first-order chi connectivity index (χ1) is 9.60. The Morgan fingerprint density at radius 2 is 1.75 bits per heavy atom. The van der Waals surface area contributed by atoms with Gasteiger partial charge in [0.2, 0.25) is 0 Å². The predicted octanol–water partition coefficient (Wildman–Crippen LogP) is 6.08. The molecule has 0 spiro atoms. The average molecular weight is 319 g/mol. The maximum Gasteiger partial charge on any atom is 0.179 e. The summed E-state index contributed by atoms with van der Waals surface area (Å²) in [6.45, 7) is 4.38. The van der Waals surface area contributed by atoms with Crippen LogP contribution in [-0.2, 0) is 0 Å². The van der Waals surface area contributed by atoms with E-state index in [4.69, 9.17) is 32.7 Å². The second-order valence-electron chi connectivity index (χ2n) is 4.95. The van der Waals surface area contributed by atoms with E-state index in [1.807, 2.05) is 0 Å². The summed E-state index contributed by atoms with van der Waals surface area (Å²) < 4.78 is 10.7. The lowest BCUT2D eigenvalue weighted by Crippen LogP contribution is -2.03. The number of hydrogen-bond acceptors (Lipinski definition) is 2. The van der Waals surface area contributed by atoms with E-state index in [0.717, 1.165) is 24.8 Å². The molecule has 1 rings (SSSR count). The van der Waals surface area contributed by atoms with Crippen molar-refractivity contribution >= 4 is 23.2 Å². The lowest BCUT2D eigenvalue weighted by molar-refractivity contribution is 0.354. The zero-order valence-electron chi connectivity index (χ0n) is 12.8. The van der Waals surface area contributed by atoms with Crippen LogP contribution in [-0.4, -0.2) is 14.2 Å². The summed E-state index contributed by atoms with van der Waals surface area (Å²) in [5.74, 6) is 1.53. The smallest absolute Gasteiger partial charge is 0.179 e. The minimum Gasteiger partial charge on any atom is -0.493 e. The minimum atomic E-state index is 0.375. The quantitative estimate of drug-likeness (QED) is 0.577. The fourth-order valence-electron chi connectivity index (χ4n) is 2.54. The second-order valence-corrected chi connectivity index (χ2v) is 5.73. The van der Waals surface area contributed by atoms with E-state index in [2.05, 4.69) is 13.8 Å². The van der Waals surface area contributed by atoms with Gasteiger partial charge in [0, 0.05) is 11.1 Å². The first-order valence-corrected chi connectivity index (χ1v) is 7.96. The van der Waals surface area contributed by atoms with Crippen LogP contribution in [0.15, 0.2) is 6.07 Å². The summed E-state index contributed by atoms with van der Waals surface area (Å²) in [6, 6.07) is 1.80. The lowest BCUT2D eigenvalue weighted by Gasteiger charge is -2.22. The first-order valence-electron chi connectivity index (χ1n) is 7.20. The van der Waals surface area contributed by atoms with Gasteiger partial charge in [-0.2, -0.15) is 0 Å². The van der Waals surface area contributed by atoms with Gasteiger partial charge in [0.1, 0.15) is 0 Å². The van der Waals surface area contributed by atoms with Crippen LogP contribution < -0.4 is 9.47 Å². The summed E-state index contributed by atoms with van der Waals surface area (Å²) in [5.41, 5.74) is 1.00. The molecule has 0 bridgehead atoms. The molecule has 0 aliphatic heterocycles. The molecule has 1 unspecified atom stereocenters. The Labute approximate surface area is 132 Å². The topological polar surface area (TPSA) is 18.5 Å². The minimum absolute atomic E-state index is 0.375. The molecule has 0 heterocycles. The molecule has 0 saturated carbocycles. The third-order valence-corrected chi connectivity index (χ3v) is 4.24. The van der Waals surface area contributed by atoms with Crippen molar-refractivity contribution in [2.75, 3.05) is 14.2 Å². The third kappa shape index (κ3) is 3.95. The molecule has 0 aliphatic carbocycles. The maximum absolute atomic E-state index is 6.52. The molecule has 1 aromatic rings. The van der Waals surface area contributed by atoms with Gasteiger partial charge in [-0.25, -0.2) is 0 Å². The molecule has 0 saturated heterocycles. The maximum atomic E-state index is 6.52. The Bertz CT molecular complexity index is 433. The molecule has 0 N–H and O–H groups in total. The summed E-state index contributed by atoms with van der Waals surface area (Å²) in [7, 11) is 3.19. The standard InChI is InChI=1S/C16H24Cl2O2/c1-5-7-9-11(8-6-2)14-12(17)10-13(19-3)16(20-4)15(14)18/h10-11H,5-9H2,1-4H3. The van der Waals surface area contributed by atoms with Crippen LogP contribution in [0.2, 0.25) is 10.0 Å². The number of methoxy groups -OCH3 is 2. The molecule has 1 aromatic carbocycles. The van der Waals surface area contributed by atoms with E-state index < -0.39 is 0 Å². The number of benzene rings is 1. The van der Waals surface area contributed by atoms with Crippen molar-refractivity contribution in [3.63, 3.8) is 0 Å². The van der Waals surface area contributed by atoms with Gasteiger partial charge in [-0.05, 0) is 24.3 Å². The van der Waals surface area contributed by atoms with Gasteiger partial charge >= 0.3 is 0 Å². The van der Waals surface area contributed by atoms with Gasteiger partial charge < -0.3 is 9.47 Å². The van der Waals surface area contributed by atoms with Gasteiger partial charge in [-0.1, -0.05) is 56.3 Å². The second kappa shape index (κ2) is 8.63. The Balaban J connectivity index is 3.25. The van der Waals surface area contributed by atoms with Crippen molar-refractivity contribution in [1.29, 1.82) is 0 Å². The molecule has 20 heavy (non-hydrogen) atoms. The van der Waals surface area contributed by atoms with Gasteiger partial charge in [0.15, 0.2) is 11.5 Å². The van der Waals surface area contributed by atoms with E-state index in [1.54, 1.807) is 20.3 Å². The SMILES string of the molecule is CCCCC(CCC)c1c(Cl)cc(OC)c(OC)c1Cl. The summed E-state index contributed by atoms with van der Waals surface area (Å²) in [5, 5.41) is 1.26. The van der Waals surface area contributed by atoms with Gasteiger partial charge in [-0.3, -0.25) is 0 Å². The number of rotatable bonds is 8. The Kier molecular flexibility index (Phi) is 7.53. The van der Waals surface area contributed by atoms with Crippen LogP contribution in [0.1, 0.15) is 57.4 Å². The molecule has 0 aliphatic rings. The molecule has 0 radical (unpaired) electrons. The number of halogens is 2. The van der Waals surface area contributed by atoms with Crippen LogP contribution >= 0.6 is 23.2 Å². The van der Waals surface area contributed by atoms with E-state index in [9.17, 15) is 0 Å². The molecule has 0 fully saturated rings. The van der Waals surface area contributed by atoms with Gasteiger partial charge in [-0.15, -0.1) is 0 Å². The van der Waals surface area contributed by atoms with Crippen molar-refractivity contribution in [3.8, 4) is 11.5 Å². The lowest BCUT2D eigenvalue weighted by atomic mass is 9.89. The normalized spacial score (nSPS) is 12.3. The van der Waals surface area contributed by atoms with Gasteiger partial charge in [0.25, 0.3) is 0 Å². The molecule has 4 heteroatoms. The summed E-state index contributed by atoms with van der Waals surface area (Å²) >= 11 is 12.9. The van der Waals surface area contributed by atoms with Gasteiger partial charge in [0.05, 0.1) is 19.2 Å². The van der Waals surface area contributed by atoms with Crippen LogP contribution in [0.25, 0.3) is 0 Å². The monoisotopic (exact) mass is 318 g/mol. The van der Waals surface area contributed by atoms with Crippen molar-refractivity contribution in [3.05, 3.63) is 21.7 Å². The highest BCUT2D eigenvalue weighted by atomic mass is 35.5. The van der Waals surface area contributed by atoms with Crippen molar-refractivity contribution in [2.24, 2.45) is 0 Å². The van der Waals surface area contributed by atoms with E-state index in [-0.39, 0.29) is 0 Å². The highest BCUT2D eigenvalue weighted by Crippen LogP contribution is 2.46. The van der Waals surface area contributed by atoms with Crippen LogP contribution in [0, 0.1) is 0 Å². The fraction of sp³-hybridized carbons (Fsp3) is 0.625. The Hall–Kier alpha value is -0.600. The van der Waals surface area contributed by atoms with Crippen LogP contribution in [0.5, 0.6) is 11.5 Å². The molecular weight excluding hydrogens is 295 g/mol. The molecule has 0 aromatic heterocycles. The molecular formula is C16H24Cl2O2. The largest absolute Gasteiger partial charge is 0.493 e.